The van der Waals surface area contributed by atoms with Gasteiger partial charge in [-0.15, -0.1) is 0 Å². The molecule has 8 heteroatoms. The molecule has 0 radical (unpaired) electrons. The van der Waals surface area contributed by atoms with Crippen LogP contribution < -0.4 is 5.43 Å². The Labute approximate surface area is 162 Å². The van der Waals surface area contributed by atoms with E-state index < -0.39 is 45.7 Å². The quantitative estimate of drug-likeness (QED) is 0.646. The van der Waals surface area contributed by atoms with Gasteiger partial charge >= 0.3 is 17.9 Å². The fourth-order valence-corrected chi connectivity index (χ4v) is 5.25. The van der Waals surface area contributed by atoms with E-state index in [9.17, 15) is 34.5 Å². The van der Waals surface area contributed by atoms with Gasteiger partial charge in [0.25, 0.3) is 0 Å². The third kappa shape index (κ3) is 3.00. The van der Waals surface area contributed by atoms with Crippen LogP contribution in [-0.2, 0) is 5.54 Å². The maximum Gasteiger partial charge on any atom is 0.353 e. The highest BCUT2D eigenvalue weighted by Gasteiger charge is 2.52. The van der Waals surface area contributed by atoms with Crippen LogP contribution >= 0.6 is 0 Å². The Morgan fingerprint density at radius 2 is 1.50 bits per heavy atom. The minimum Gasteiger partial charge on any atom is -0.477 e. The van der Waals surface area contributed by atoms with Crippen molar-refractivity contribution in [3.8, 4) is 0 Å². The molecular weight excluding hydrogens is 366 g/mol. The summed E-state index contributed by atoms with van der Waals surface area (Å²) in [5.74, 6) is -4.86. The molecule has 154 valence electrons. The molecule has 1 aromatic heterocycles. The first-order valence-corrected chi connectivity index (χ1v) is 9.62. The summed E-state index contributed by atoms with van der Waals surface area (Å²) in [6.07, 6.45) is 6.19. The summed E-state index contributed by atoms with van der Waals surface area (Å²) in [6, 6.07) is 0. The van der Waals surface area contributed by atoms with Gasteiger partial charge in [0.15, 0.2) is 0 Å². The second-order valence-corrected chi connectivity index (χ2v) is 7.46. The minimum absolute atomic E-state index is 0.329. The zero-order valence-electron chi connectivity index (χ0n) is 16.4. The highest BCUT2D eigenvalue weighted by Crippen LogP contribution is 2.55. The Kier molecular flexibility index (Phi) is 6.01. The number of carbonyl (C=O) groups is 3. The second-order valence-electron chi connectivity index (χ2n) is 7.46. The molecule has 1 atom stereocenters. The number of carboxylic acid groups (broad SMARTS) is 3. The zero-order chi connectivity index (χ0) is 21.3. The fourth-order valence-electron chi connectivity index (χ4n) is 5.25. The van der Waals surface area contributed by atoms with Gasteiger partial charge in [-0.3, -0.25) is 4.79 Å². The van der Waals surface area contributed by atoms with Gasteiger partial charge in [0.2, 0.25) is 5.43 Å². The summed E-state index contributed by atoms with van der Waals surface area (Å²) in [5, 5.41) is 28.9. The van der Waals surface area contributed by atoms with Gasteiger partial charge in [0.1, 0.15) is 16.8 Å². The van der Waals surface area contributed by atoms with Crippen LogP contribution in [0.3, 0.4) is 0 Å². The minimum atomic E-state index is -1.74. The Hall–Kier alpha value is -2.64. The summed E-state index contributed by atoms with van der Waals surface area (Å²) in [7, 11) is 0. The molecule has 1 aromatic rings. The van der Waals surface area contributed by atoms with Gasteiger partial charge in [0.05, 0.1) is 5.54 Å². The van der Waals surface area contributed by atoms with Gasteiger partial charge in [-0.1, -0.05) is 33.6 Å². The first-order chi connectivity index (χ1) is 13.1. The molecule has 0 aromatic carbocycles. The van der Waals surface area contributed by atoms with Crippen LogP contribution in [0, 0.1) is 5.41 Å². The van der Waals surface area contributed by atoms with Gasteiger partial charge in [0, 0.05) is 6.20 Å². The standard InChI is InChI=1S/C20H27NO7/c1-4-19(5-2)9-7-8-10-20(19,6-3)21-11-12(16(23)24)15(22)13(17(25)26)14(21)18(27)28/h11H,4-10H2,1-3H3,(H,23,24)(H,25,26)(H,27,28). The molecule has 28 heavy (non-hydrogen) atoms. The van der Waals surface area contributed by atoms with E-state index in [4.69, 9.17) is 0 Å². The molecule has 0 bridgehead atoms. The molecule has 0 spiro atoms. The Bertz CT molecular complexity index is 866. The topological polar surface area (TPSA) is 134 Å². The average Bonchev–Trinajstić information content (AvgIpc) is 2.66. The smallest absolute Gasteiger partial charge is 0.353 e. The maximum atomic E-state index is 12.5. The Morgan fingerprint density at radius 3 is 1.93 bits per heavy atom. The number of aromatic carboxylic acids is 3. The lowest BCUT2D eigenvalue weighted by Gasteiger charge is -2.55. The average molecular weight is 393 g/mol. The fraction of sp³-hybridized carbons (Fsp3) is 0.600. The lowest BCUT2D eigenvalue weighted by atomic mass is 9.57. The van der Waals surface area contributed by atoms with Gasteiger partial charge < -0.3 is 19.9 Å². The largest absolute Gasteiger partial charge is 0.477 e. The summed E-state index contributed by atoms with van der Waals surface area (Å²) >= 11 is 0. The van der Waals surface area contributed by atoms with Crippen LogP contribution in [0.25, 0.3) is 0 Å². The molecule has 1 saturated carbocycles. The van der Waals surface area contributed by atoms with Crippen molar-refractivity contribution in [1.29, 1.82) is 0 Å². The summed E-state index contributed by atoms with van der Waals surface area (Å²) < 4.78 is 1.30. The van der Waals surface area contributed by atoms with Crippen LogP contribution in [0.4, 0.5) is 0 Å². The van der Waals surface area contributed by atoms with E-state index in [0.29, 0.717) is 12.8 Å². The normalized spacial score (nSPS) is 21.2. The first kappa shape index (κ1) is 21.7. The van der Waals surface area contributed by atoms with Crippen molar-refractivity contribution >= 4 is 17.9 Å². The van der Waals surface area contributed by atoms with Crippen LogP contribution in [0.2, 0.25) is 0 Å². The number of aromatic nitrogens is 1. The van der Waals surface area contributed by atoms with E-state index >= 15 is 0 Å². The highest BCUT2D eigenvalue weighted by atomic mass is 16.4. The molecular formula is C20H27NO7. The van der Waals surface area contributed by atoms with Crippen molar-refractivity contribution < 1.29 is 29.7 Å². The van der Waals surface area contributed by atoms with Gasteiger partial charge in [-0.2, -0.15) is 0 Å². The number of nitrogens with zero attached hydrogens (tertiary/aromatic N) is 1. The molecule has 0 saturated heterocycles. The first-order valence-electron chi connectivity index (χ1n) is 9.62. The second kappa shape index (κ2) is 7.77. The molecule has 3 N–H and O–H groups in total. The van der Waals surface area contributed by atoms with E-state index in [-0.39, 0.29) is 5.41 Å². The van der Waals surface area contributed by atoms with Crippen molar-refractivity contribution in [3.05, 3.63) is 33.2 Å². The summed E-state index contributed by atoms with van der Waals surface area (Å²) in [4.78, 5) is 48.0. The van der Waals surface area contributed by atoms with Crippen molar-refractivity contribution in [3.63, 3.8) is 0 Å². The molecule has 1 aliphatic carbocycles. The van der Waals surface area contributed by atoms with E-state index in [2.05, 4.69) is 0 Å². The predicted molar refractivity (Wildman–Crippen MR) is 101 cm³/mol. The lowest BCUT2D eigenvalue weighted by Crippen LogP contribution is -2.53. The zero-order valence-corrected chi connectivity index (χ0v) is 16.4. The van der Waals surface area contributed by atoms with Crippen molar-refractivity contribution in [2.45, 2.75) is 71.3 Å². The molecule has 2 rings (SSSR count). The molecule has 1 aliphatic rings. The van der Waals surface area contributed by atoms with E-state index in [0.717, 1.165) is 38.3 Å². The third-order valence-corrected chi connectivity index (χ3v) is 6.74. The monoisotopic (exact) mass is 393 g/mol. The van der Waals surface area contributed by atoms with Crippen LogP contribution in [0.1, 0.15) is 96.9 Å². The Morgan fingerprint density at radius 1 is 0.929 bits per heavy atom. The molecule has 1 heterocycles. The maximum absolute atomic E-state index is 12.5. The Balaban J connectivity index is 3.07. The molecule has 0 amide bonds. The highest BCUT2D eigenvalue weighted by molar-refractivity contribution is 6.02. The van der Waals surface area contributed by atoms with Crippen LogP contribution in [0.15, 0.2) is 11.0 Å². The number of carboxylic acids is 3. The van der Waals surface area contributed by atoms with E-state index in [1.807, 2.05) is 20.8 Å². The third-order valence-electron chi connectivity index (χ3n) is 6.74. The van der Waals surface area contributed by atoms with Crippen LogP contribution in [0.5, 0.6) is 0 Å². The molecule has 1 fully saturated rings. The van der Waals surface area contributed by atoms with Crippen molar-refractivity contribution in [2.24, 2.45) is 5.41 Å². The van der Waals surface area contributed by atoms with E-state index in [1.54, 1.807) is 0 Å². The predicted octanol–water partition coefficient (Wildman–Crippen LogP) is 3.43. The number of hydrogen-bond donors (Lipinski definition) is 3. The van der Waals surface area contributed by atoms with Gasteiger partial charge in [-0.05, 0) is 37.5 Å². The molecule has 1 unspecified atom stereocenters. The van der Waals surface area contributed by atoms with E-state index in [1.165, 1.54) is 4.57 Å². The number of rotatable bonds is 7. The van der Waals surface area contributed by atoms with Crippen molar-refractivity contribution in [2.75, 3.05) is 0 Å². The van der Waals surface area contributed by atoms with Crippen LogP contribution in [-0.4, -0.2) is 37.8 Å². The van der Waals surface area contributed by atoms with Crippen molar-refractivity contribution in [1.82, 2.24) is 4.57 Å². The summed E-state index contributed by atoms with van der Waals surface area (Å²) in [5.41, 5.74) is -4.75. The molecule has 0 aliphatic heterocycles. The van der Waals surface area contributed by atoms with Gasteiger partial charge in [-0.25, -0.2) is 14.4 Å². The SMILES string of the molecule is CCC1(CC)CCCCC1(CC)n1cc(C(=O)O)c(=O)c(C(=O)O)c1C(=O)O. The lowest BCUT2D eigenvalue weighted by molar-refractivity contribution is -0.0190. The molecule has 8 nitrogen and oxygen atoms in total. The number of hydrogen-bond acceptors (Lipinski definition) is 4. The number of pyridine rings is 1. The summed E-state index contributed by atoms with van der Waals surface area (Å²) in [6.45, 7) is 5.92.